The molecule has 0 spiro atoms. The number of hydrogen-bond donors (Lipinski definition) is 1. The Morgan fingerprint density at radius 1 is 1.22 bits per heavy atom. The van der Waals surface area contributed by atoms with E-state index in [-0.39, 0.29) is 0 Å². The minimum Gasteiger partial charge on any atom is -0.465 e. The maximum Gasteiger partial charge on any atom is 0.117 e. The van der Waals surface area contributed by atoms with Crippen LogP contribution in [-0.2, 0) is 13.0 Å². The van der Waals surface area contributed by atoms with Crippen LogP contribution in [-0.4, -0.2) is 30.6 Å². The standard InChI is InChI=1S/C15H26N2O/c1-3-14-7-8-15(18-14)12-16-11-13(2)17-9-5-4-6-10-17/h7-8,13,16H,3-6,9-12H2,1-2H3. The van der Waals surface area contributed by atoms with E-state index in [1.807, 2.05) is 0 Å². The van der Waals surface area contributed by atoms with Crippen molar-refractivity contribution in [1.82, 2.24) is 10.2 Å². The number of furan rings is 1. The molecule has 0 aromatic carbocycles. The Morgan fingerprint density at radius 3 is 2.61 bits per heavy atom. The van der Waals surface area contributed by atoms with Crippen LogP contribution in [0.25, 0.3) is 0 Å². The molecule has 18 heavy (non-hydrogen) atoms. The lowest BCUT2D eigenvalue weighted by Gasteiger charge is -2.32. The van der Waals surface area contributed by atoms with E-state index in [1.54, 1.807) is 0 Å². The quantitative estimate of drug-likeness (QED) is 0.841. The van der Waals surface area contributed by atoms with Gasteiger partial charge in [-0.2, -0.15) is 0 Å². The van der Waals surface area contributed by atoms with E-state index in [0.29, 0.717) is 6.04 Å². The zero-order chi connectivity index (χ0) is 12.8. The average molecular weight is 250 g/mol. The molecule has 102 valence electrons. The predicted molar refractivity (Wildman–Crippen MR) is 74.7 cm³/mol. The second kappa shape index (κ2) is 6.95. The summed E-state index contributed by atoms with van der Waals surface area (Å²) in [5.41, 5.74) is 0. The van der Waals surface area contributed by atoms with Gasteiger partial charge in [0.2, 0.25) is 0 Å². The highest BCUT2D eigenvalue weighted by Crippen LogP contribution is 2.12. The number of hydrogen-bond acceptors (Lipinski definition) is 3. The van der Waals surface area contributed by atoms with Crippen LogP contribution in [0.5, 0.6) is 0 Å². The Hall–Kier alpha value is -0.800. The Labute approximate surface area is 111 Å². The summed E-state index contributed by atoms with van der Waals surface area (Å²) < 4.78 is 5.68. The second-order valence-corrected chi connectivity index (χ2v) is 5.30. The van der Waals surface area contributed by atoms with E-state index in [1.165, 1.54) is 32.4 Å². The molecule has 1 saturated heterocycles. The van der Waals surface area contributed by atoms with Crippen molar-refractivity contribution in [1.29, 1.82) is 0 Å². The van der Waals surface area contributed by atoms with Gasteiger partial charge in [-0.25, -0.2) is 0 Å². The highest BCUT2D eigenvalue weighted by Gasteiger charge is 2.16. The number of nitrogens with one attached hydrogen (secondary N) is 1. The van der Waals surface area contributed by atoms with E-state index < -0.39 is 0 Å². The number of likely N-dealkylation sites (tertiary alicyclic amines) is 1. The molecule has 1 N–H and O–H groups in total. The Balaban J connectivity index is 1.67. The summed E-state index contributed by atoms with van der Waals surface area (Å²) >= 11 is 0. The largest absolute Gasteiger partial charge is 0.465 e. The maximum absolute atomic E-state index is 5.68. The van der Waals surface area contributed by atoms with Crippen LogP contribution in [0.15, 0.2) is 16.5 Å². The molecule has 0 bridgehead atoms. The zero-order valence-electron chi connectivity index (χ0n) is 11.7. The molecule has 3 nitrogen and oxygen atoms in total. The van der Waals surface area contributed by atoms with Crippen LogP contribution >= 0.6 is 0 Å². The smallest absolute Gasteiger partial charge is 0.117 e. The van der Waals surface area contributed by atoms with Crippen molar-refractivity contribution < 1.29 is 4.42 Å². The fourth-order valence-corrected chi connectivity index (χ4v) is 2.60. The van der Waals surface area contributed by atoms with Crippen LogP contribution in [0.1, 0.15) is 44.6 Å². The molecular weight excluding hydrogens is 224 g/mol. The molecule has 0 amide bonds. The first-order chi connectivity index (χ1) is 8.79. The van der Waals surface area contributed by atoms with Crippen molar-refractivity contribution in [3.05, 3.63) is 23.7 Å². The van der Waals surface area contributed by atoms with Crippen molar-refractivity contribution in [2.45, 2.75) is 52.1 Å². The monoisotopic (exact) mass is 250 g/mol. The summed E-state index contributed by atoms with van der Waals surface area (Å²) in [6.07, 6.45) is 5.11. The summed E-state index contributed by atoms with van der Waals surface area (Å²) in [5.74, 6) is 2.13. The molecule has 3 heteroatoms. The number of piperidine rings is 1. The summed E-state index contributed by atoms with van der Waals surface area (Å²) in [4.78, 5) is 2.59. The number of aryl methyl sites for hydroxylation is 1. The van der Waals surface area contributed by atoms with Crippen LogP contribution < -0.4 is 5.32 Å². The van der Waals surface area contributed by atoms with Crippen LogP contribution in [0, 0.1) is 0 Å². The zero-order valence-corrected chi connectivity index (χ0v) is 11.7. The normalized spacial score (nSPS) is 19.0. The van der Waals surface area contributed by atoms with E-state index in [9.17, 15) is 0 Å². The third-order valence-electron chi connectivity index (χ3n) is 3.82. The highest BCUT2D eigenvalue weighted by atomic mass is 16.3. The van der Waals surface area contributed by atoms with E-state index in [4.69, 9.17) is 4.42 Å². The van der Waals surface area contributed by atoms with Gasteiger partial charge in [-0.05, 0) is 45.0 Å². The molecule has 2 rings (SSSR count). The molecule has 1 unspecified atom stereocenters. The first kappa shape index (κ1) is 13.6. The minimum absolute atomic E-state index is 0.630. The molecule has 0 saturated carbocycles. The first-order valence-corrected chi connectivity index (χ1v) is 7.32. The fourth-order valence-electron chi connectivity index (χ4n) is 2.60. The molecule has 1 aliphatic rings. The predicted octanol–water partition coefficient (Wildman–Crippen LogP) is 2.81. The Morgan fingerprint density at radius 2 is 1.94 bits per heavy atom. The van der Waals surface area contributed by atoms with Gasteiger partial charge >= 0.3 is 0 Å². The van der Waals surface area contributed by atoms with E-state index >= 15 is 0 Å². The highest BCUT2D eigenvalue weighted by molar-refractivity contribution is 5.06. The van der Waals surface area contributed by atoms with Crippen LogP contribution in [0.4, 0.5) is 0 Å². The third-order valence-corrected chi connectivity index (χ3v) is 3.82. The fraction of sp³-hybridized carbons (Fsp3) is 0.733. The van der Waals surface area contributed by atoms with Crippen molar-refractivity contribution in [2.24, 2.45) is 0 Å². The lowest BCUT2D eigenvalue weighted by Crippen LogP contribution is -2.42. The molecule has 1 aromatic heterocycles. The molecule has 0 radical (unpaired) electrons. The van der Waals surface area contributed by atoms with E-state index in [0.717, 1.165) is 31.0 Å². The van der Waals surface area contributed by atoms with Gasteiger partial charge in [-0.15, -0.1) is 0 Å². The number of nitrogens with zero attached hydrogens (tertiary/aromatic N) is 1. The molecule has 1 aromatic rings. The molecule has 1 aliphatic heterocycles. The summed E-state index contributed by atoms with van der Waals surface area (Å²) in [5, 5.41) is 3.50. The summed E-state index contributed by atoms with van der Waals surface area (Å²) in [7, 11) is 0. The van der Waals surface area contributed by atoms with Gasteiger partial charge in [0.05, 0.1) is 6.54 Å². The van der Waals surface area contributed by atoms with Crippen molar-refractivity contribution in [3.8, 4) is 0 Å². The van der Waals surface area contributed by atoms with Crippen LogP contribution in [0.2, 0.25) is 0 Å². The average Bonchev–Trinajstić information content (AvgIpc) is 2.87. The second-order valence-electron chi connectivity index (χ2n) is 5.30. The SMILES string of the molecule is CCc1ccc(CNCC(C)N2CCCCC2)o1. The summed E-state index contributed by atoms with van der Waals surface area (Å²) in [6.45, 7) is 8.86. The maximum atomic E-state index is 5.68. The minimum atomic E-state index is 0.630. The van der Waals surface area contributed by atoms with Crippen molar-refractivity contribution in [3.63, 3.8) is 0 Å². The number of rotatable bonds is 6. The Bertz CT molecular complexity index is 342. The van der Waals surface area contributed by atoms with Gasteiger partial charge in [0.25, 0.3) is 0 Å². The lowest BCUT2D eigenvalue weighted by molar-refractivity contribution is 0.170. The van der Waals surface area contributed by atoms with Crippen molar-refractivity contribution >= 4 is 0 Å². The Kier molecular flexibility index (Phi) is 5.26. The van der Waals surface area contributed by atoms with Crippen molar-refractivity contribution in [2.75, 3.05) is 19.6 Å². The van der Waals surface area contributed by atoms with Gasteiger partial charge in [0, 0.05) is 19.0 Å². The lowest BCUT2D eigenvalue weighted by atomic mass is 10.1. The summed E-state index contributed by atoms with van der Waals surface area (Å²) in [6, 6.07) is 4.79. The molecular formula is C15H26N2O. The van der Waals surface area contributed by atoms with Gasteiger partial charge in [-0.1, -0.05) is 13.3 Å². The van der Waals surface area contributed by atoms with Gasteiger partial charge in [-0.3, -0.25) is 4.90 Å². The van der Waals surface area contributed by atoms with Gasteiger partial charge < -0.3 is 9.73 Å². The first-order valence-electron chi connectivity index (χ1n) is 7.32. The molecule has 1 atom stereocenters. The van der Waals surface area contributed by atoms with E-state index in [2.05, 4.69) is 36.2 Å². The van der Waals surface area contributed by atoms with Gasteiger partial charge in [0.15, 0.2) is 0 Å². The molecule has 1 fully saturated rings. The topological polar surface area (TPSA) is 28.4 Å². The molecule has 2 heterocycles. The van der Waals surface area contributed by atoms with Gasteiger partial charge in [0.1, 0.15) is 11.5 Å². The third kappa shape index (κ3) is 3.85. The van der Waals surface area contributed by atoms with Crippen LogP contribution in [0.3, 0.4) is 0 Å². The molecule has 0 aliphatic carbocycles.